The molecule has 6 heteroatoms. The van der Waals surface area contributed by atoms with Crippen molar-refractivity contribution in [2.24, 2.45) is 17.4 Å². The van der Waals surface area contributed by atoms with Gasteiger partial charge in [0.25, 0.3) is 0 Å². The van der Waals surface area contributed by atoms with Crippen molar-refractivity contribution in [1.82, 2.24) is 10.6 Å². The number of fused-ring (bicyclic) bond motifs is 1. The van der Waals surface area contributed by atoms with Gasteiger partial charge in [0.05, 0.1) is 11.6 Å². The molecule has 2 aliphatic rings. The van der Waals surface area contributed by atoms with Gasteiger partial charge in [-0.05, 0) is 6.42 Å². The molecule has 0 aromatic carbocycles. The third-order valence-electron chi connectivity index (χ3n) is 2.52. The fraction of sp³-hybridized carbons (Fsp3) is 0.500. The lowest BCUT2D eigenvalue weighted by atomic mass is 9.85. The number of hydrogen-bond donors (Lipinski definition) is 4. The molecule has 3 amide bonds. The highest BCUT2D eigenvalue weighted by Crippen LogP contribution is 2.27. The molecule has 76 valence electrons. The Balaban J connectivity index is 2.34. The van der Waals surface area contributed by atoms with Crippen LogP contribution in [0.5, 0.6) is 0 Å². The summed E-state index contributed by atoms with van der Waals surface area (Å²) >= 11 is 0. The van der Waals surface area contributed by atoms with Gasteiger partial charge in [-0.15, -0.1) is 0 Å². The number of carbonyl (C=O) groups is 2. The maximum atomic E-state index is 11.4. The van der Waals surface area contributed by atoms with Gasteiger partial charge in [0, 0.05) is 18.2 Å². The maximum absolute atomic E-state index is 11.4. The smallest absolute Gasteiger partial charge is 0.325 e. The average Bonchev–Trinajstić information content (AvgIpc) is 2.07. The van der Waals surface area contributed by atoms with E-state index in [0.29, 0.717) is 24.2 Å². The number of nitrogens with one attached hydrogen (secondary N) is 2. The number of nitrogens with two attached hydrogens (primary N) is 2. The Kier molecular flexibility index (Phi) is 1.92. The number of carbonyl (C=O) groups excluding carboxylic acids is 2. The molecule has 1 fully saturated rings. The van der Waals surface area contributed by atoms with Gasteiger partial charge in [-0.1, -0.05) is 0 Å². The van der Waals surface area contributed by atoms with Crippen LogP contribution in [0.25, 0.3) is 0 Å². The van der Waals surface area contributed by atoms with Crippen LogP contribution in [0.1, 0.15) is 12.8 Å². The highest BCUT2D eigenvalue weighted by atomic mass is 16.2. The second kappa shape index (κ2) is 2.98. The number of rotatable bonds is 0. The van der Waals surface area contributed by atoms with E-state index >= 15 is 0 Å². The molecular formula is C8H12N4O2. The largest absolute Gasteiger partial charge is 0.401 e. The average molecular weight is 196 g/mol. The first-order chi connectivity index (χ1) is 6.58. The summed E-state index contributed by atoms with van der Waals surface area (Å²) in [6, 6.07) is -0.621. The Hall–Kier alpha value is -1.56. The van der Waals surface area contributed by atoms with Crippen LogP contribution in [0.2, 0.25) is 0 Å². The highest BCUT2D eigenvalue weighted by Gasteiger charge is 2.36. The molecule has 0 aromatic rings. The molecule has 0 spiro atoms. The summed E-state index contributed by atoms with van der Waals surface area (Å²) in [4.78, 5) is 22.4. The first-order valence-electron chi connectivity index (χ1n) is 4.44. The predicted octanol–water partition coefficient (Wildman–Crippen LogP) is -1.27. The zero-order chi connectivity index (χ0) is 10.3. The lowest BCUT2D eigenvalue weighted by Gasteiger charge is -2.32. The van der Waals surface area contributed by atoms with Crippen molar-refractivity contribution in [2.75, 3.05) is 0 Å². The second-order valence-electron chi connectivity index (χ2n) is 3.63. The third kappa shape index (κ3) is 1.33. The summed E-state index contributed by atoms with van der Waals surface area (Å²) in [6.45, 7) is 0. The van der Waals surface area contributed by atoms with Crippen LogP contribution in [0.3, 0.4) is 0 Å². The summed E-state index contributed by atoms with van der Waals surface area (Å²) in [5, 5.41) is 4.73. The predicted molar refractivity (Wildman–Crippen MR) is 48.6 cm³/mol. The van der Waals surface area contributed by atoms with E-state index in [0.717, 1.165) is 0 Å². The Morgan fingerprint density at radius 1 is 1.29 bits per heavy atom. The van der Waals surface area contributed by atoms with Gasteiger partial charge in [0.2, 0.25) is 5.91 Å². The minimum absolute atomic E-state index is 0.107. The van der Waals surface area contributed by atoms with E-state index in [1.165, 1.54) is 0 Å². The van der Waals surface area contributed by atoms with Crippen molar-refractivity contribution in [3.05, 3.63) is 11.4 Å². The topological polar surface area (TPSA) is 110 Å². The number of amides is 3. The van der Waals surface area contributed by atoms with Gasteiger partial charge in [-0.25, -0.2) is 4.79 Å². The van der Waals surface area contributed by atoms with E-state index in [1.807, 2.05) is 0 Å². The number of urea groups is 1. The van der Waals surface area contributed by atoms with Gasteiger partial charge in [-0.3, -0.25) is 10.1 Å². The lowest BCUT2D eigenvalue weighted by molar-refractivity contribution is -0.124. The van der Waals surface area contributed by atoms with Crippen LogP contribution < -0.4 is 22.1 Å². The van der Waals surface area contributed by atoms with Crippen LogP contribution in [0.15, 0.2) is 11.4 Å². The molecule has 14 heavy (non-hydrogen) atoms. The van der Waals surface area contributed by atoms with E-state index < -0.39 is 11.9 Å². The Morgan fingerprint density at radius 3 is 2.71 bits per heavy atom. The molecule has 0 radical (unpaired) electrons. The third-order valence-corrected chi connectivity index (χ3v) is 2.52. The normalized spacial score (nSPS) is 32.1. The molecule has 1 aliphatic heterocycles. The van der Waals surface area contributed by atoms with E-state index in [4.69, 9.17) is 11.5 Å². The first kappa shape index (κ1) is 9.01. The standard InChI is InChI=1S/C8H12N4O2/c9-3-1-4-6(5(10)2-3)11-8(14)12-7(4)13/h3-4H,1-2,9-10H2,(H2,11,12,13,14). The molecule has 2 rings (SSSR count). The fourth-order valence-electron chi connectivity index (χ4n) is 1.88. The van der Waals surface area contributed by atoms with Crippen LogP contribution in [0, 0.1) is 5.92 Å². The molecule has 1 aliphatic carbocycles. The molecule has 6 N–H and O–H groups in total. The molecule has 2 unspecified atom stereocenters. The van der Waals surface area contributed by atoms with E-state index in [9.17, 15) is 9.59 Å². The Morgan fingerprint density at radius 2 is 2.00 bits per heavy atom. The molecule has 1 saturated heterocycles. The van der Waals surface area contributed by atoms with Crippen molar-refractivity contribution in [3.8, 4) is 0 Å². The molecule has 0 saturated carbocycles. The summed E-state index contributed by atoms with van der Waals surface area (Å²) in [7, 11) is 0. The summed E-state index contributed by atoms with van der Waals surface area (Å²) in [6.07, 6.45) is 1.06. The fourth-order valence-corrected chi connectivity index (χ4v) is 1.88. The first-order valence-corrected chi connectivity index (χ1v) is 4.44. The molecule has 0 bridgehead atoms. The van der Waals surface area contributed by atoms with Gasteiger partial charge in [0.15, 0.2) is 0 Å². The van der Waals surface area contributed by atoms with Gasteiger partial charge in [-0.2, -0.15) is 0 Å². The van der Waals surface area contributed by atoms with Gasteiger partial charge in [0.1, 0.15) is 0 Å². The minimum atomic E-state index is -0.514. The van der Waals surface area contributed by atoms with Gasteiger partial charge >= 0.3 is 6.03 Å². The van der Waals surface area contributed by atoms with Crippen molar-refractivity contribution in [2.45, 2.75) is 18.9 Å². The van der Waals surface area contributed by atoms with Crippen molar-refractivity contribution in [1.29, 1.82) is 0 Å². The molecular weight excluding hydrogens is 184 g/mol. The number of imide groups is 1. The SMILES string of the molecule is NC1=C2NC(=O)NC(=O)C2CC(N)C1. The van der Waals surface area contributed by atoms with Crippen molar-refractivity contribution >= 4 is 11.9 Å². The molecule has 2 atom stereocenters. The van der Waals surface area contributed by atoms with Crippen LogP contribution in [-0.4, -0.2) is 18.0 Å². The zero-order valence-electron chi connectivity index (χ0n) is 7.54. The van der Waals surface area contributed by atoms with Crippen molar-refractivity contribution < 1.29 is 9.59 Å². The Labute approximate surface area is 80.7 Å². The number of hydrogen-bond acceptors (Lipinski definition) is 4. The highest BCUT2D eigenvalue weighted by molar-refractivity contribution is 6.01. The van der Waals surface area contributed by atoms with Crippen LogP contribution in [-0.2, 0) is 4.79 Å². The zero-order valence-corrected chi connectivity index (χ0v) is 7.54. The lowest BCUT2D eigenvalue weighted by Crippen LogP contribution is -2.54. The van der Waals surface area contributed by atoms with E-state index in [1.54, 1.807) is 0 Å². The maximum Gasteiger partial charge on any atom is 0.325 e. The van der Waals surface area contributed by atoms with E-state index in [2.05, 4.69) is 10.6 Å². The molecule has 1 heterocycles. The second-order valence-corrected chi connectivity index (χ2v) is 3.63. The Bertz CT molecular complexity index is 336. The molecule has 6 nitrogen and oxygen atoms in total. The van der Waals surface area contributed by atoms with Crippen molar-refractivity contribution in [3.63, 3.8) is 0 Å². The van der Waals surface area contributed by atoms with Crippen LogP contribution >= 0.6 is 0 Å². The summed E-state index contributed by atoms with van der Waals surface area (Å²) < 4.78 is 0. The quantitative estimate of drug-likeness (QED) is 0.387. The monoisotopic (exact) mass is 196 g/mol. The molecule has 0 aromatic heterocycles. The summed E-state index contributed by atoms with van der Waals surface area (Å²) in [5.41, 5.74) is 12.5. The van der Waals surface area contributed by atoms with E-state index in [-0.39, 0.29) is 11.9 Å². The summed E-state index contributed by atoms with van der Waals surface area (Å²) in [5.74, 6) is -0.710. The van der Waals surface area contributed by atoms with Crippen LogP contribution in [0.4, 0.5) is 4.79 Å². The minimum Gasteiger partial charge on any atom is -0.401 e. The van der Waals surface area contributed by atoms with Gasteiger partial charge < -0.3 is 16.8 Å².